The fourth-order valence-electron chi connectivity index (χ4n) is 2.16. The van der Waals surface area contributed by atoms with Crippen LogP contribution in [0.1, 0.15) is 19.0 Å². The minimum Gasteiger partial charge on any atom is -0.342 e. The van der Waals surface area contributed by atoms with Gasteiger partial charge in [0.05, 0.1) is 5.69 Å². The maximum Gasteiger partial charge on any atom is 0.219 e. The van der Waals surface area contributed by atoms with Crippen molar-refractivity contribution in [3.63, 3.8) is 0 Å². The molecule has 1 aliphatic rings. The van der Waals surface area contributed by atoms with Crippen LogP contribution in [0.3, 0.4) is 0 Å². The van der Waals surface area contributed by atoms with Crippen LogP contribution in [0.2, 0.25) is 0 Å². The number of hydrogen-bond donors (Lipinski definition) is 0. The molecule has 2 heterocycles. The molecule has 4 heteroatoms. The highest BCUT2D eigenvalue weighted by Gasteiger charge is 2.16. The van der Waals surface area contributed by atoms with Crippen LogP contribution in [0.4, 0.5) is 0 Å². The van der Waals surface area contributed by atoms with E-state index < -0.39 is 0 Å². The number of pyridine rings is 1. The second-order valence-electron chi connectivity index (χ2n) is 4.46. The minimum atomic E-state index is 0.185. The Hall–Kier alpha value is -1.42. The summed E-state index contributed by atoms with van der Waals surface area (Å²) in [6, 6.07) is 6.00. The summed E-state index contributed by atoms with van der Waals surface area (Å²) in [6.45, 7) is 6.23. The maximum atomic E-state index is 11.3. The first-order valence-corrected chi connectivity index (χ1v) is 6.13. The molecule has 0 aliphatic carbocycles. The highest BCUT2D eigenvalue weighted by Crippen LogP contribution is 2.07. The van der Waals surface area contributed by atoms with Crippen molar-refractivity contribution in [3.05, 3.63) is 30.1 Å². The molecule has 1 amide bonds. The van der Waals surface area contributed by atoms with Crippen molar-refractivity contribution < 1.29 is 4.79 Å². The van der Waals surface area contributed by atoms with E-state index >= 15 is 0 Å². The van der Waals surface area contributed by atoms with Crippen molar-refractivity contribution in [1.82, 2.24) is 14.8 Å². The Balaban J connectivity index is 1.89. The molecule has 1 aromatic rings. The highest BCUT2D eigenvalue weighted by molar-refractivity contribution is 5.73. The molecule has 4 nitrogen and oxygen atoms in total. The van der Waals surface area contributed by atoms with Crippen LogP contribution < -0.4 is 0 Å². The smallest absolute Gasteiger partial charge is 0.219 e. The summed E-state index contributed by atoms with van der Waals surface area (Å²) in [6.07, 6.45) is 2.88. The lowest BCUT2D eigenvalue weighted by Gasteiger charge is -2.20. The number of hydrogen-bond acceptors (Lipinski definition) is 3. The van der Waals surface area contributed by atoms with E-state index in [1.807, 2.05) is 29.3 Å². The molecule has 1 aromatic heterocycles. The first-order valence-electron chi connectivity index (χ1n) is 6.13. The van der Waals surface area contributed by atoms with Crippen LogP contribution >= 0.6 is 0 Å². The third kappa shape index (κ3) is 3.53. The second kappa shape index (κ2) is 5.77. The van der Waals surface area contributed by atoms with Crippen LogP contribution in [0.5, 0.6) is 0 Å². The molecule has 1 aliphatic heterocycles. The Bertz CT molecular complexity index is 366. The molecule has 0 spiro atoms. The molecule has 0 unspecified atom stereocenters. The molecule has 17 heavy (non-hydrogen) atoms. The Morgan fingerprint density at radius 2 is 2.18 bits per heavy atom. The Morgan fingerprint density at radius 3 is 2.88 bits per heavy atom. The predicted octanol–water partition coefficient (Wildman–Crippen LogP) is 1.14. The SMILES string of the molecule is CC(=O)N1CCCN(Cc2ccccn2)CC1. The van der Waals surface area contributed by atoms with E-state index in [9.17, 15) is 4.79 Å². The van der Waals surface area contributed by atoms with Crippen LogP contribution in [0.25, 0.3) is 0 Å². The van der Waals surface area contributed by atoms with Gasteiger partial charge in [0.1, 0.15) is 0 Å². The summed E-state index contributed by atoms with van der Waals surface area (Å²) in [5.41, 5.74) is 1.10. The molecule has 1 fully saturated rings. The van der Waals surface area contributed by atoms with Gasteiger partial charge in [-0.2, -0.15) is 0 Å². The number of rotatable bonds is 2. The molecule has 0 bridgehead atoms. The van der Waals surface area contributed by atoms with Crippen molar-refractivity contribution >= 4 is 5.91 Å². The topological polar surface area (TPSA) is 36.4 Å². The van der Waals surface area contributed by atoms with Crippen LogP contribution in [-0.2, 0) is 11.3 Å². The molecule has 0 N–H and O–H groups in total. The standard InChI is InChI=1S/C13H19N3O/c1-12(17)16-8-4-7-15(9-10-16)11-13-5-2-3-6-14-13/h2-3,5-6H,4,7-11H2,1H3. The van der Waals surface area contributed by atoms with Crippen LogP contribution in [-0.4, -0.2) is 46.9 Å². The number of nitrogens with zero attached hydrogens (tertiary/aromatic N) is 3. The quantitative estimate of drug-likeness (QED) is 0.768. The molecular weight excluding hydrogens is 214 g/mol. The number of carbonyl (C=O) groups is 1. The van der Waals surface area contributed by atoms with Crippen molar-refractivity contribution in [3.8, 4) is 0 Å². The lowest BCUT2D eigenvalue weighted by atomic mass is 10.3. The third-order valence-electron chi connectivity index (χ3n) is 3.15. The molecule has 0 aromatic carbocycles. The van der Waals surface area contributed by atoms with Gasteiger partial charge >= 0.3 is 0 Å². The van der Waals surface area contributed by atoms with Gasteiger partial charge in [-0.15, -0.1) is 0 Å². The first-order chi connectivity index (χ1) is 8.25. The van der Waals surface area contributed by atoms with Gasteiger partial charge in [0.15, 0.2) is 0 Å². The van der Waals surface area contributed by atoms with Gasteiger partial charge in [0, 0.05) is 45.8 Å². The highest BCUT2D eigenvalue weighted by atomic mass is 16.2. The van der Waals surface area contributed by atoms with Crippen LogP contribution in [0, 0.1) is 0 Å². The van der Waals surface area contributed by atoms with Gasteiger partial charge in [-0.25, -0.2) is 0 Å². The summed E-state index contributed by atoms with van der Waals surface area (Å²) >= 11 is 0. The first kappa shape index (κ1) is 12.0. The zero-order chi connectivity index (χ0) is 12.1. The van der Waals surface area contributed by atoms with Crippen molar-refractivity contribution in [2.24, 2.45) is 0 Å². The van der Waals surface area contributed by atoms with Gasteiger partial charge in [-0.05, 0) is 18.6 Å². The third-order valence-corrected chi connectivity index (χ3v) is 3.15. The zero-order valence-electron chi connectivity index (χ0n) is 10.3. The Labute approximate surface area is 102 Å². The molecule has 92 valence electrons. The van der Waals surface area contributed by atoms with Gasteiger partial charge < -0.3 is 4.90 Å². The Kier molecular flexibility index (Phi) is 4.09. The fraction of sp³-hybridized carbons (Fsp3) is 0.538. The van der Waals surface area contributed by atoms with E-state index in [0.717, 1.165) is 44.8 Å². The maximum absolute atomic E-state index is 11.3. The fourth-order valence-corrected chi connectivity index (χ4v) is 2.16. The summed E-state index contributed by atoms with van der Waals surface area (Å²) in [7, 11) is 0. The molecular formula is C13H19N3O. The average molecular weight is 233 g/mol. The lowest BCUT2D eigenvalue weighted by Crippen LogP contribution is -2.33. The average Bonchev–Trinajstić information content (AvgIpc) is 2.56. The Morgan fingerprint density at radius 1 is 1.29 bits per heavy atom. The summed E-state index contributed by atoms with van der Waals surface area (Å²) < 4.78 is 0. The van der Waals surface area contributed by atoms with Crippen LogP contribution in [0.15, 0.2) is 24.4 Å². The summed E-state index contributed by atoms with van der Waals surface area (Å²) in [5.74, 6) is 0.185. The lowest BCUT2D eigenvalue weighted by molar-refractivity contribution is -0.128. The molecule has 2 rings (SSSR count). The monoisotopic (exact) mass is 233 g/mol. The minimum absolute atomic E-state index is 0.185. The van der Waals surface area contributed by atoms with Gasteiger partial charge in [-0.1, -0.05) is 6.07 Å². The predicted molar refractivity (Wildman–Crippen MR) is 66.4 cm³/mol. The van der Waals surface area contributed by atoms with E-state index in [-0.39, 0.29) is 5.91 Å². The largest absolute Gasteiger partial charge is 0.342 e. The normalized spacial score (nSPS) is 17.8. The van der Waals surface area contributed by atoms with Gasteiger partial charge in [0.25, 0.3) is 0 Å². The van der Waals surface area contributed by atoms with E-state index in [4.69, 9.17) is 0 Å². The molecule has 0 saturated carbocycles. The molecule has 1 saturated heterocycles. The van der Waals surface area contributed by atoms with Crippen molar-refractivity contribution in [2.75, 3.05) is 26.2 Å². The number of carbonyl (C=O) groups excluding carboxylic acids is 1. The van der Waals surface area contributed by atoms with Crippen molar-refractivity contribution in [1.29, 1.82) is 0 Å². The van der Waals surface area contributed by atoms with Gasteiger partial charge in [0.2, 0.25) is 5.91 Å². The van der Waals surface area contributed by atoms with E-state index in [0.29, 0.717) is 0 Å². The zero-order valence-corrected chi connectivity index (χ0v) is 10.3. The van der Waals surface area contributed by atoms with Crippen molar-refractivity contribution in [2.45, 2.75) is 19.9 Å². The molecule has 0 atom stereocenters. The number of aromatic nitrogens is 1. The number of amides is 1. The second-order valence-corrected chi connectivity index (χ2v) is 4.46. The van der Waals surface area contributed by atoms with E-state index in [1.165, 1.54) is 0 Å². The van der Waals surface area contributed by atoms with E-state index in [2.05, 4.69) is 9.88 Å². The van der Waals surface area contributed by atoms with Gasteiger partial charge in [-0.3, -0.25) is 14.7 Å². The summed E-state index contributed by atoms with van der Waals surface area (Å²) in [4.78, 5) is 19.9. The summed E-state index contributed by atoms with van der Waals surface area (Å²) in [5, 5.41) is 0. The van der Waals surface area contributed by atoms with E-state index in [1.54, 1.807) is 6.92 Å². The molecule has 0 radical (unpaired) electrons.